The van der Waals surface area contributed by atoms with Gasteiger partial charge in [0.05, 0.1) is 10.0 Å². The second-order valence-electron chi connectivity index (χ2n) is 5.80. The van der Waals surface area contributed by atoms with Crippen LogP contribution >= 0.6 is 35.4 Å². The molecule has 0 unspecified atom stereocenters. The zero-order chi connectivity index (χ0) is 21.0. The number of nitrogens with one attached hydrogen (secondary N) is 3. The minimum Gasteiger partial charge on any atom is -0.483 e. The van der Waals surface area contributed by atoms with Gasteiger partial charge in [-0.15, -0.1) is 0 Å². The van der Waals surface area contributed by atoms with Gasteiger partial charge in [0.15, 0.2) is 11.7 Å². The Kier molecular flexibility index (Phi) is 6.48. The number of benzene rings is 2. The number of para-hydroxylation sites is 1. The Labute approximate surface area is 181 Å². The van der Waals surface area contributed by atoms with Crippen molar-refractivity contribution in [2.24, 2.45) is 0 Å². The molecule has 10 heteroatoms. The second kappa shape index (κ2) is 9.04. The first-order valence-corrected chi connectivity index (χ1v) is 9.35. The summed E-state index contributed by atoms with van der Waals surface area (Å²) in [6, 6.07) is 11.4. The van der Waals surface area contributed by atoms with E-state index in [1.165, 1.54) is 12.1 Å². The molecule has 1 aliphatic heterocycles. The van der Waals surface area contributed by atoms with Crippen molar-refractivity contribution in [3.05, 3.63) is 63.6 Å². The topological polar surface area (TPSA) is 96.5 Å². The van der Waals surface area contributed by atoms with Gasteiger partial charge in [-0.25, -0.2) is 0 Å². The van der Waals surface area contributed by atoms with Gasteiger partial charge in [-0.2, -0.15) is 0 Å². The molecule has 1 heterocycles. The maximum Gasteiger partial charge on any atom is 0.263 e. The van der Waals surface area contributed by atoms with Crippen molar-refractivity contribution in [2.45, 2.75) is 0 Å². The van der Waals surface area contributed by atoms with E-state index in [1.807, 2.05) is 0 Å². The van der Waals surface area contributed by atoms with E-state index in [2.05, 4.69) is 16.0 Å². The molecule has 7 nitrogen and oxygen atoms in total. The Balaban J connectivity index is 1.71. The molecule has 3 amide bonds. The van der Waals surface area contributed by atoms with Crippen molar-refractivity contribution in [2.75, 3.05) is 11.9 Å². The summed E-state index contributed by atoms with van der Waals surface area (Å²) in [5.41, 5.74) is 0.785. The summed E-state index contributed by atoms with van der Waals surface area (Å²) in [5.74, 6) is -1.35. The van der Waals surface area contributed by atoms with Crippen LogP contribution < -0.4 is 20.7 Å². The molecule has 0 aromatic heterocycles. The maximum atomic E-state index is 12.2. The van der Waals surface area contributed by atoms with E-state index < -0.39 is 17.7 Å². The number of amides is 3. The Morgan fingerprint density at radius 3 is 2.45 bits per heavy atom. The molecule has 1 fully saturated rings. The van der Waals surface area contributed by atoms with Gasteiger partial charge in [-0.1, -0.05) is 41.4 Å². The lowest BCUT2D eigenvalue weighted by atomic mass is 10.1. The Bertz CT molecular complexity index is 1030. The summed E-state index contributed by atoms with van der Waals surface area (Å²) >= 11 is 16.5. The Morgan fingerprint density at radius 2 is 1.76 bits per heavy atom. The lowest BCUT2D eigenvalue weighted by Gasteiger charge is -2.17. The molecule has 148 valence electrons. The summed E-state index contributed by atoms with van der Waals surface area (Å²) in [7, 11) is 0. The number of carbonyl (C=O) groups excluding carboxylic acids is 3. The molecule has 0 bridgehead atoms. The third-order valence-corrected chi connectivity index (χ3v) is 4.67. The van der Waals surface area contributed by atoms with Crippen LogP contribution in [0.25, 0.3) is 6.08 Å². The summed E-state index contributed by atoms with van der Waals surface area (Å²) in [4.78, 5) is 36.2. The zero-order valence-electron chi connectivity index (χ0n) is 14.6. The van der Waals surface area contributed by atoms with Crippen molar-refractivity contribution in [3.63, 3.8) is 0 Å². The van der Waals surface area contributed by atoms with E-state index in [-0.39, 0.29) is 17.3 Å². The van der Waals surface area contributed by atoms with Crippen molar-refractivity contribution in [1.29, 1.82) is 0 Å². The lowest BCUT2D eigenvalue weighted by Crippen LogP contribution is -2.51. The fourth-order valence-corrected chi connectivity index (χ4v) is 2.89. The predicted octanol–water partition coefficient (Wildman–Crippen LogP) is 2.93. The molecule has 0 radical (unpaired) electrons. The van der Waals surface area contributed by atoms with Gasteiger partial charge in [-0.3, -0.25) is 25.0 Å². The van der Waals surface area contributed by atoms with Gasteiger partial charge < -0.3 is 10.1 Å². The highest BCUT2D eigenvalue weighted by Gasteiger charge is 2.26. The molecule has 3 rings (SSSR count). The lowest BCUT2D eigenvalue weighted by molar-refractivity contribution is -0.123. The van der Waals surface area contributed by atoms with Crippen molar-refractivity contribution >= 4 is 70.0 Å². The largest absolute Gasteiger partial charge is 0.483 e. The molecule has 2 aromatic carbocycles. The average Bonchev–Trinajstić information content (AvgIpc) is 2.66. The fraction of sp³-hybridized carbons (Fsp3) is 0.0526. The Hall–Kier alpha value is -2.94. The van der Waals surface area contributed by atoms with Gasteiger partial charge >= 0.3 is 0 Å². The highest BCUT2D eigenvalue weighted by molar-refractivity contribution is 7.80. The van der Waals surface area contributed by atoms with Crippen LogP contribution in [-0.2, 0) is 14.4 Å². The number of anilines is 1. The molecule has 0 atom stereocenters. The van der Waals surface area contributed by atoms with Crippen LogP contribution in [0.3, 0.4) is 0 Å². The molecule has 0 aliphatic carbocycles. The fourth-order valence-electron chi connectivity index (χ4n) is 2.41. The number of halogens is 2. The van der Waals surface area contributed by atoms with Gasteiger partial charge in [0.25, 0.3) is 17.7 Å². The van der Waals surface area contributed by atoms with E-state index in [0.29, 0.717) is 27.0 Å². The molecule has 2 aromatic rings. The Morgan fingerprint density at radius 1 is 1.07 bits per heavy atom. The van der Waals surface area contributed by atoms with Crippen LogP contribution in [0.1, 0.15) is 5.56 Å². The zero-order valence-corrected chi connectivity index (χ0v) is 17.0. The van der Waals surface area contributed by atoms with Crippen molar-refractivity contribution < 1.29 is 19.1 Å². The van der Waals surface area contributed by atoms with Gasteiger partial charge in [0.2, 0.25) is 0 Å². The van der Waals surface area contributed by atoms with Crippen LogP contribution in [0.5, 0.6) is 5.75 Å². The molecule has 1 saturated heterocycles. The summed E-state index contributed by atoms with van der Waals surface area (Å²) in [6.45, 7) is -0.303. The number of hydrogen-bond donors (Lipinski definition) is 3. The monoisotopic (exact) mass is 449 g/mol. The van der Waals surface area contributed by atoms with E-state index in [9.17, 15) is 14.4 Å². The van der Waals surface area contributed by atoms with Gasteiger partial charge in [-0.05, 0) is 42.6 Å². The normalized spacial score (nSPS) is 13.4. The molecule has 1 aliphatic rings. The third kappa shape index (κ3) is 5.32. The van der Waals surface area contributed by atoms with E-state index in [0.717, 1.165) is 0 Å². The second-order valence-corrected chi connectivity index (χ2v) is 7.02. The van der Waals surface area contributed by atoms with E-state index >= 15 is 0 Å². The minimum absolute atomic E-state index is 0.0549. The highest BCUT2D eigenvalue weighted by Crippen LogP contribution is 2.25. The maximum absolute atomic E-state index is 12.2. The number of hydrogen-bond acceptors (Lipinski definition) is 5. The quantitative estimate of drug-likeness (QED) is 0.370. The van der Waals surface area contributed by atoms with Crippen LogP contribution in [0.15, 0.2) is 48.0 Å². The van der Waals surface area contributed by atoms with Crippen LogP contribution in [0.4, 0.5) is 5.69 Å². The first-order valence-electron chi connectivity index (χ1n) is 8.18. The predicted molar refractivity (Wildman–Crippen MR) is 114 cm³/mol. The number of carbonyl (C=O) groups is 3. The minimum atomic E-state index is -0.620. The summed E-state index contributed by atoms with van der Waals surface area (Å²) in [5, 5.41) is 7.97. The summed E-state index contributed by atoms with van der Waals surface area (Å²) < 4.78 is 5.55. The molecule has 0 saturated carbocycles. The van der Waals surface area contributed by atoms with Gasteiger partial charge in [0, 0.05) is 11.3 Å². The van der Waals surface area contributed by atoms with Crippen molar-refractivity contribution in [1.82, 2.24) is 10.6 Å². The SMILES string of the molecule is O=C(COc1ccccc1C=C1C(=O)NC(=S)NC1=O)Nc1ccc(Cl)c(Cl)c1. The molecule has 29 heavy (non-hydrogen) atoms. The molecule has 0 spiro atoms. The van der Waals surface area contributed by atoms with Gasteiger partial charge in [0.1, 0.15) is 11.3 Å². The highest BCUT2D eigenvalue weighted by atomic mass is 35.5. The van der Waals surface area contributed by atoms with Crippen LogP contribution in [0.2, 0.25) is 10.0 Å². The molecular weight excluding hydrogens is 437 g/mol. The number of rotatable bonds is 5. The van der Waals surface area contributed by atoms with Crippen molar-refractivity contribution in [3.8, 4) is 5.75 Å². The van der Waals surface area contributed by atoms with Crippen LogP contribution in [-0.4, -0.2) is 29.4 Å². The molecule has 3 N–H and O–H groups in total. The first-order chi connectivity index (χ1) is 13.8. The average molecular weight is 450 g/mol. The third-order valence-electron chi connectivity index (χ3n) is 3.72. The smallest absolute Gasteiger partial charge is 0.263 e. The standard InChI is InChI=1S/C19H13Cl2N3O4S/c20-13-6-5-11(8-14(13)21)22-16(25)9-28-15-4-2-1-3-10(15)7-12-17(26)23-19(29)24-18(12)27/h1-8H,9H2,(H,22,25)(H2,23,24,26,27,29). The van der Waals surface area contributed by atoms with Crippen LogP contribution in [0, 0.1) is 0 Å². The first kappa shape index (κ1) is 20.8. The number of ether oxygens (including phenoxy) is 1. The van der Waals surface area contributed by atoms with E-state index in [4.69, 9.17) is 40.2 Å². The molecular formula is C19H13Cl2N3O4S. The van der Waals surface area contributed by atoms with E-state index in [1.54, 1.807) is 36.4 Å². The number of thiocarbonyl (C=S) groups is 1. The summed E-state index contributed by atoms with van der Waals surface area (Å²) in [6.07, 6.45) is 1.36.